The van der Waals surface area contributed by atoms with Crippen LogP contribution in [0, 0.1) is 0 Å². The second kappa shape index (κ2) is 7.40. The molecule has 23 heavy (non-hydrogen) atoms. The summed E-state index contributed by atoms with van der Waals surface area (Å²) in [6, 6.07) is 0. The number of aliphatic hydroxyl groups is 1. The van der Waals surface area contributed by atoms with Crippen LogP contribution in [0.1, 0.15) is 49.7 Å². The van der Waals surface area contributed by atoms with Crippen molar-refractivity contribution < 1.29 is 9.90 Å². The van der Waals surface area contributed by atoms with Gasteiger partial charge in [-0.3, -0.25) is 9.69 Å². The molecule has 1 aromatic rings. The lowest BCUT2D eigenvalue weighted by atomic mass is 9.97. The van der Waals surface area contributed by atoms with Crippen LogP contribution in [0.15, 0.2) is 0 Å². The normalized spacial score (nSPS) is 23.2. The van der Waals surface area contributed by atoms with Gasteiger partial charge in [0.15, 0.2) is 0 Å². The van der Waals surface area contributed by atoms with Crippen LogP contribution in [-0.4, -0.2) is 68.4 Å². The van der Waals surface area contributed by atoms with Gasteiger partial charge in [-0.2, -0.15) is 0 Å². The summed E-state index contributed by atoms with van der Waals surface area (Å²) in [5, 5.41) is 17.9. The second-order valence-electron chi connectivity index (χ2n) is 6.71. The molecule has 0 unspecified atom stereocenters. The molecule has 0 aliphatic carbocycles. The Morgan fingerprint density at radius 3 is 2.70 bits per heavy atom. The number of aliphatic hydroxyl groups excluding tert-OH is 1. The van der Waals surface area contributed by atoms with Crippen molar-refractivity contribution in [3.63, 3.8) is 0 Å². The molecule has 0 saturated carbocycles. The minimum atomic E-state index is -0.411. The van der Waals surface area contributed by atoms with Crippen LogP contribution >= 0.6 is 0 Å². The van der Waals surface area contributed by atoms with Crippen LogP contribution in [0.5, 0.6) is 0 Å². The fourth-order valence-corrected chi connectivity index (χ4v) is 3.70. The number of piperidine rings is 2. The highest BCUT2D eigenvalue weighted by Gasteiger charge is 2.28. The van der Waals surface area contributed by atoms with Crippen molar-refractivity contribution in [2.75, 3.05) is 32.8 Å². The Bertz CT molecular complexity index is 539. The molecule has 2 fully saturated rings. The molecule has 2 aliphatic heterocycles. The fraction of sp³-hybridized carbons (Fsp3) is 0.812. The first-order chi connectivity index (χ1) is 11.2. The molecule has 0 bridgehead atoms. The van der Waals surface area contributed by atoms with Crippen molar-refractivity contribution in [1.82, 2.24) is 24.6 Å². The Hall–Kier alpha value is -1.47. The van der Waals surface area contributed by atoms with Gasteiger partial charge in [0, 0.05) is 26.1 Å². The summed E-state index contributed by atoms with van der Waals surface area (Å²) < 4.78 is 2.10. The number of carbonyl (C=O) groups excluding carboxylic acids is 1. The molecule has 7 nitrogen and oxygen atoms in total. The zero-order valence-electron chi connectivity index (χ0n) is 13.9. The van der Waals surface area contributed by atoms with E-state index in [1.54, 1.807) is 4.90 Å². The summed E-state index contributed by atoms with van der Waals surface area (Å²) in [6.45, 7) is 4.10. The van der Waals surface area contributed by atoms with E-state index < -0.39 is 6.61 Å². The molecule has 3 heterocycles. The van der Waals surface area contributed by atoms with Crippen molar-refractivity contribution in [3.05, 3.63) is 11.6 Å². The van der Waals surface area contributed by atoms with Crippen molar-refractivity contribution >= 4 is 5.91 Å². The van der Waals surface area contributed by atoms with Crippen molar-refractivity contribution in [3.8, 4) is 0 Å². The summed E-state index contributed by atoms with van der Waals surface area (Å²) in [4.78, 5) is 15.9. The Kier molecular flexibility index (Phi) is 5.27. The number of aromatic nitrogens is 3. The van der Waals surface area contributed by atoms with Crippen LogP contribution in [-0.2, 0) is 18.4 Å². The lowest BCUT2D eigenvalue weighted by Gasteiger charge is -2.32. The van der Waals surface area contributed by atoms with E-state index >= 15 is 0 Å². The molecule has 1 amide bonds. The van der Waals surface area contributed by atoms with Crippen LogP contribution in [0.25, 0.3) is 0 Å². The topological polar surface area (TPSA) is 74.5 Å². The van der Waals surface area contributed by atoms with E-state index in [-0.39, 0.29) is 11.8 Å². The maximum absolute atomic E-state index is 11.7. The van der Waals surface area contributed by atoms with E-state index in [4.69, 9.17) is 5.11 Å². The fourth-order valence-electron chi connectivity index (χ4n) is 3.70. The van der Waals surface area contributed by atoms with Gasteiger partial charge in [0.05, 0.1) is 6.54 Å². The predicted octanol–water partition coefficient (Wildman–Crippen LogP) is 0.499. The first kappa shape index (κ1) is 16.4. The number of carbonyl (C=O) groups is 1. The number of amides is 1. The highest BCUT2D eigenvalue weighted by atomic mass is 16.3. The second-order valence-corrected chi connectivity index (χ2v) is 6.71. The summed E-state index contributed by atoms with van der Waals surface area (Å²) in [6.07, 6.45) is 5.84. The third-order valence-corrected chi connectivity index (χ3v) is 5.09. The lowest BCUT2D eigenvalue weighted by molar-refractivity contribution is -0.135. The minimum absolute atomic E-state index is 0.189. The number of rotatable bonds is 4. The first-order valence-electron chi connectivity index (χ1n) is 8.68. The third kappa shape index (κ3) is 3.72. The number of likely N-dealkylation sites (tertiary alicyclic amines) is 2. The Morgan fingerprint density at radius 2 is 1.96 bits per heavy atom. The Morgan fingerprint density at radius 1 is 1.17 bits per heavy atom. The standard InChI is InChI=1S/C16H27N5O2/c1-19-14(11-20-7-3-2-4-8-20)17-18-16(19)13-6-5-9-21(10-13)15(23)12-22/h13,22H,2-12H2,1H3/t13-/m0/s1. The molecule has 2 aliphatic rings. The summed E-state index contributed by atoms with van der Waals surface area (Å²) >= 11 is 0. The molecule has 128 valence electrons. The molecule has 0 aromatic carbocycles. The van der Waals surface area contributed by atoms with E-state index in [0.29, 0.717) is 6.54 Å². The van der Waals surface area contributed by atoms with Crippen molar-refractivity contribution in [2.45, 2.75) is 44.6 Å². The summed E-state index contributed by atoms with van der Waals surface area (Å²) in [5.74, 6) is 2.00. The molecule has 1 N–H and O–H groups in total. The lowest BCUT2D eigenvalue weighted by Crippen LogP contribution is -2.41. The summed E-state index contributed by atoms with van der Waals surface area (Å²) in [7, 11) is 2.03. The van der Waals surface area contributed by atoms with Gasteiger partial charge in [0.25, 0.3) is 0 Å². The van der Waals surface area contributed by atoms with Gasteiger partial charge < -0.3 is 14.6 Å². The molecule has 2 saturated heterocycles. The van der Waals surface area contributed by atoms with Crippen LogP contribution in [0.4, 0.5) is 0 Å². The number of nitrogens with zero attached hydrogens (tertiary/aromatic N) is 5. The number of hydrogen-bond acceptors (Lipinski definition) is 5. The van der Waals surface area contributed by atoms with Gasteiger partial charge in [-0.15, -0.1) is 10.2 Å². The van der Waals surface area contributed by atoms with Gasteiger partial charge in [-0.1, -0.05) is 6.42 Å². The van der Waals surface area contributed by atoms with E-state index in [0.717, 1.165) is 50.7 Å². The SMILES string of the molecule is Cn1c(CN2CCCCC2)nnc1[C@H]1CCCN(C(=O)CO)C1. The molecule has 1 atom stereocenters. The summed E-state index contributed by atoms with van der Waals surface area (Å²) in [5.41, 5.74) is 0. The molecule has 1 aromatic heterocycles. The quantitative estimate of drug-likeness (QED) is 0.874. The van der Waals surface area contributed by atoms with Crippen LogP contribution in [0.3, 0.4) is 0 Å². The highest BCUT2D eigenvalue weighted by Crippen LogP contribution is 2.26. The van der Waals surface area contributed by atoms with Gasteiger partial charge in [-0.25, -0.2) is 0 Å². The first-order valence-corrected chi connectivity index (χ1v) is 8.68. The zero-order chi connectivity index (χ0) is 16.2. The van der Waals surface area contributed by atoms with E-state index in [9.17, 15) is 4.79 Å². The zero-order valence-corrected chi connectivity index (χ0v) is 13.9. The minimum Gasteiger partial charge on any atom is -0.387 e. The molecule has 0 spiro atoms. The maximum Gasteiger partial charge on any atom is 0.248 e. The van der Waals surface area contributed by atoms with Gasteiger partial charge in [0.2, 0.25) is 5.91 Å². The smallest absolute Gasteiger partial charge is 0.248 e. The maximum atomic E-state index is 11.7. The van der Waals surface area contributed by atoms with Crippen molar-refractivity contribution in [2.24, 2.45) is 7.05 Å². The molecule has 7 heteroatoms. The van der Waals surface area contributed by atoms with Gasteiger partial charge in [0.1, 0.15) is 18.3 Å². The van der Waals surface area contributed by atoms with E-state index in [2.05, 4.69) is 19.7 Å². The monoisotopic (exact) mass is 321 g/mol. The molecular formula is C16H27N5O2. The highest BCUT2D eigenvalue weighted by molar-refractivity contribution is 5.77. The van der Waals surface area contributed by atoms with Gasteiger partial charge in [-0.05, 0) is 38.8 Å². The number of hydrogen-bond donors (Lipinski definition) is 1. The van der Waals surface area contributed by atoms with Crippen LogP contribution < -0.4 is 0 Å². The molecule has 0 radical (unpaired) electrons. The molecule has 3 rings (SSSR count). The van der Waals surface area contributed by atoms with Crippen molar-refractivity contribution in [1.29, 1.82) is 0 Å². The molecular weight excluding hydrogens is 294 g/mol. The van der Waals surface area contributed by atoms with Crippen LogP contribution in [0.2, 0.25) is 0 Å². The van der Waals surface area contributed by atoms with E-state index in [1.165, 1.54) is 19.3 Å². The predicted molar refractivity (Wildman–Crippen MR) is 85.8 cm³/mol. The average molecular weight is 321 g/mol. The Labute approximate surface area is 137 Å². The largest absolute Gasteiger partial charge is 0.387 e. The average Bonchev–Trinajstić information content (AvgIpc) is 2.96. The third-order valence-electron chi connectivity index (χ3n) is 5.09. The van der Waals surface area contributed by atoms with Gasteiger partial charge >= 0.3 is 0 Å². The van der Waals surface area contributed by atoms with E-state index in [1.807, 2.05) is 7.05 Å². The Balaban J connectivity index is 1.67.